The molecule has 0 spiro atoms. The number of piperazine rings is 1. The SMILES string of the molecule is COc1cccc(NC(=O)C(=O)N2CCN(c3ccccc3F)CC2)c1. The van der Waals surface area contributed by atoms with Crippen LogP contribution < -0.4 is 15.0 Å². The molecule has 0 radical (unpaired) electrons. The van der Waals surface area contributed by atoms with E-state index in [-0.39, 0.29) is 5.82 Å². The van der Waals surface area contributed by atoms with Crippen LogP contribution in [0.2, 0.25) is 0 Å². The monoisotopic (exact) mass is 357 g/mol. The highest BCUT2D eigenvalue weighted by atomic mass is 19.1. The van der Waals surface area contributed by atoms with Crippen molar-refractivity contribution in [1.29, 1.82) is 0 Å². The molecule has 6 nitrogen and oxygen atoms in total. The van der Waals surface area contributed by atoms with Gasteiger partial charge in [0.1, 0.15) is 11.6 Å². The fourth-order valence-corrected chi connectivity index (χ4v) is 2.89. The number of hydrogen-bond acceptors (Lipinski definition) is 4. The van der Waals surface area contributed by atoms with E-state index in [1.807, 2.05) is 4.90 Å². The second-order valence-corrected chi connectivity index (χ2v) is 5.92. The second-order valence-electron chi connectivity index (χ2n) is 5.92. The molecule has 3 rings (SSSR count). The third-order valence-corrected chi connectivity index (χ3v) is 4.28. The largest absolute Gasteiger partial charge is 0.497 e. The van der Waals surface area contributed by atoms with E-state index in [0.29, 0.717) is 43.3 Å². The molecule has 2 amide bonds. The van der Waals surface area contributed by atoms with Crippen LogP contribution in [0.1, 0.15) is 0 Å². The Morgan fingerprint density at radius 3 is 2.46 bits per heavy atom. The quantitative estimate of drug-likeness (QED) is 0.855. The highest BCUT2D eigenvalue weighted by Crippen LogP contribution is 2.20. The summed E-state index contributed by atoms with van der Waals surface area (Å²) in [6.07, 6.45) is 0. The van der Waals surface area contributed by atoms with E-state index < -0.39 is 11.8 Å². The van der Waals surface area contributed by atoms with Crippen LogP contribution in [0.15, 0.2) is 48.5 Å². The normalized spacial score (nSPS) is 14.1. The molecule has 1 heterocycles. The minimum absolute atomic E-state index is 0.289. The molecule has 7 heteroatoms. The van der Waals surface area contributed by atoms with Gasteiger partial charge in [0.15, 0.2) is 0 Å². The molecule has 2 aromatic rings. The third-order valence-electron chi connectivity index (χ3n) is 4.28. The predicted octanol–water partition coefficient (Wildman–Crippen LogP) is 2.12. The van der Waals surface area contributed by atoms with Crippen molar-refractivity contribution < 1.29 is 18.7 Å². The lowest BCUT2D eigenvalue weighted by atomic mass is 10.2. The van der Waals surface area contributed by atoms with Crippen molar-refractivity contribution in [2.75, 3.05) is 43.5 Å². The number of rotatable bonds is 3. The highest BCUT2D eigenvalue weighted by molar-refractivity contribution is 6.39. The second kappa shape index (κ2) is 7.86. The molecule has 0 atom stereocenters. The summed E-state index contributed by atoms with van der Waals surface area (Å²) in [6, 6.07) is 13.3. The number of para-hydroxylation sites is 1. The Morgan fingerprint density at radius 2 is 1.77 bits per heavy atom. The first-order valence-corrected chi connectivity index (χ1v) is 8.32. The Balaban J connectivity index is 1.57. The van der Waals surface area contributed by atoms with Crippen LogP contribution in [0.5, 0.6) is 5.75 Å². The Hall–Kier alpha value is -3.09. The third kappa shape index (κ3) is 3.93. The van der Waals surface area contributed by atoms with Crippen LogP contribution in [0.3, 0.4) is 0 Å². The smallest absolute Gasteiger partial charge is 0.313 e. The molecule has 0 unspecified atom stereocenters. The average Bonchev–Trinajstić information content (AvgIpc) is 2.68. The van der Waals surface area contributed by atoms with Gasteiger partial charge >= 0.3 is 11.8 Å². The Kier molecular flexibility index (Phi) is 5.36. The van der Waals surface area contributed by atoms with E-state index in [0.717, 1.165) is 0 Å². The molecule has 1 N–H and O–H groups in total. The van der Waals surface area contributed by atoms with Gasteiger partial charge in [-0.05, 0) is 24.3 Å². The first kappa shape index (κ1) is 17.7. The molecule has 1 aliphatic heterocycles. The van der Waals surface area contributed by atoms with Gasteiger partial charge in [-0.25, -0.2) is 4.39 Å². The Morgan fingerprint density at radius 1 is 1.04 bits per heavy atom. The predicted molar refractivity (Wildman–Crippen MR) is 96.8 cm³/mol. The van der Waals surface area contributed by atoms with Gasteiger partial charge in [0, 0.05) is 37.9 Å². The summed E-state index contributed by atoms with van der Waals surface area (Å²) in [4.78, 5) is 27.9. The lowest BCUT2D eigenvalue weighted by Gasteiger charge is -2.35. The zero-order chi connectivity index (χ0) is 18.5. The molecule has 2 aromatic carbocycles. The van der Waals surface area contributed by atoms with Gasteiger partial charge in [0.05, 0.1) is 12.8 Å². The van der Waals surface area contributed by atoms with Crippen molar-refractivity contribution in [2.45, 2.75) is 0 Å². The molecule has 0 bridgehead atoms. The lowest BCUT2D eigenvalue weighted by Crippen LogP contribution is -2.51. The van der Waals surface area contributed by atoms with Gasteiger partial charge in [0.25, 0.3) is 0 Å². The lowest BCUT2D eigenvalue weighted by molar-refractivity contribution is -0.143. The van der Waals surface area contributed by atoms with Gasteiger partial charge < -0.3 is 19.9 Å². The fraction of sp³-hybridized carbons (Fsp3) is 0.263. The summed E-state index contributed by atoms with van der Waals surface area (Å²) in [5.41, 5.74) is 1.01. The molecule has 26 heavy (non-hydrogen) atoms. The molecule has 136 valence electrons. The standard InChI is InChI=1S/C19H20FN3O3/c1-26-15-6-4-5-14(13-15)21-18(24)19(25)23-11-9-22(10-12-23)17-8-3-2-7-16(17)20/h2-8,13H,9-12H2,1H3,(H,21,24). The zero-order valence-corrected chi connectivity index (χ0v) is 14.4. The number of hydrogen-bond donors (Lipinski definition) is 1. The van der Waals surface area contributed by atoms with Crippen molar-refractivity contribution >= 4 is 23.2 Å². The summed E-state index contributed by atoms with van der Waals surface area (Å²) in [6.45, 7) is 1.66. The number of methoxy groups -OCH3 is 1. The fourth-order valence-electron chi connectivity index (χ4n) is 2.89. The molecule has 1 fully saturated rings. The van der Waals surface area contributed by atoms with Gasteiger partial charge in [-0.3, -0.25) is 9.59 Å². The zero-order valence-electron chi connectivity index (χ0n) is 14.4. The first-order chi connectivity index (χ1) is 12.6. The first-order valence-electron chi connectivity index (χ1n) is 8.32. The van der Waals surface area contributed by atoms with Crippen LogP contribution in [0.25, 0.3) is 0 Å². The van der Waals surface area contributed by atoms with Crippen LogP contribution in [0.4, 0.5) is 15.8 Å². The van der Waals surface area contributed by atoms with Crippen LogP contribution in [-0.4, -0.2) is 50.0 Å². The van der Waals surface area contributed by atoms with Crippen molar-refractivity contribution in [3.63, 3.8) is 0 Å². The number of halogens is 1. The number of amides is 2. The van der Waals surface area contributed by atoms with E-state index >= 15 is 0 Å². The van der Waals surface area contributed by atoms with E-state index in [1.54, 1.807) is 42.5 Å². The Bertz CT molecular complexity index is 804. The number of carbonyl (C=O) groups excluding carboxylic acids is 2. The van der Waals surface area contributed by atoms with Crippen molar-refractivity contribution in [2.24, 2.45) is 0 Å². The number of carbonyl (C=O) groups is 2. The number of nitrogens with zero attached hydrogens (tertiary/aromatic N) is 2. The minimum atomic E-state index is -0.697. The van der Waals surface area contributed by atoms with Gasteiger partial charge in [-0.2, -0.15) is 0 Å². The van der Waals surface area contributed by atoms with Crippen molar-refractivity contribution in [3.05, 3.63) is 54.3 Å². The highest BCUT2D eigenvalue weighted by Gasteiger charge is 2.27. The Labute approximate surface area is 151 Å². The topological polar surface area (TPSA) is 61.9 Å². The molecular weight excluding hydrogens is 337 g/mol. The summed E-state index contributed by atoms with van der Waals surface area (Å²) in [7, 11) is 1.53. The average molecular weight is 357 g/mol. The number of benzene rings is 2. The molecule has 0 aliphatic carbocycles. The summed E-state index contributed by atoms with van der Waals surface area (Å²) in [5, 5.41) is 2.58. The van der Waals surface area contributed by atoms with E-state index in [9.17, 15) is 14.0 Å². The van der Waals surface area contributed by atoms with E-state index in [1.165, 1.54) is 18.1 Å². The number of nitrogens with one attached hydrogen (secondary N) is 1. The number of ether oxygens (including phenoxy) is 1. The maximum atomic E-state index is 13.9. The molecule has 1 aliphatic rings. The van der Waals surface area contributed by atoms with Crippen LogP contribution in [0, 0.1) is 5.82 Å². The summed E-state index contributed by atoms with van der Waals surface area (Å²) in [5.74, 6) is -0.990. The van der Waals surface area contributed by atoms with Gasteiger partial charge in [-0.1, -0.05) is 18.2 Å². The minimum Gasteiger partial charge on any atom is -0.497 e. The van der Waals surface area contributed by atoms with Gasteiger partial charge in [-0.15, -0.1) is 0 Å². The van der Waals surface area contributed by atoms with E-state index in [2.05, 4.69) is 5.32 Å². The maximum absolute atomic E-state index is 13.9. The molecular formula is C19H20FN3O3. The summed E-state index contributed by atoms with van der Waals surface area (Å²) < 4.78 is 19.0. The molecule has 0 saturated carbocycles. The van der Waals surface area contributed by atoms with E-state index in [4.69, 9.17) is 4.74 Å². The van der Waals surface area contributed by atoms with Crippen LogP contribution >= 0.6 is 0 Å². The summed E-state index contributed by atoms with van der Waals surface area (Å²) >= 11 is 0. The van der Waals surface area contributed by atoms with Crippen LogP contribution in [-0.2, 0) is 9.59 Å². The van der Waals surface area contributed by atoms with Crippen molar-refractivity contribution in [3.8, 4) is 5.75 Å². The maximum Gasteiger partial charge on any atom is 0.313 e. The molecule has 0 aromatic heterocycles. The van der Waals surface area contributed by atoms with Crippen molar-refractivity contribution in [1.82, 2.24) is 4.90 Å². The molecule has 1 saturated heterocycles. The van der Waals surface area contributed by atoms with Gasteiger partial charge in [0.2, 0.25) is 0 Å². The number of anilines is 2.